The molecule has 0 bridgehead atoms. The van der Waals surface area contributed by atoms with Gasteiger partial charge in [-0.2, -0.15) is 0 Å². The average Bonchev–Trinajstić information content (AvgIpc) is 2.66. The molecule has 3 rings (SSSR count). The maximum absolute atomic E-state index is 14.1. The Kier molecular flexibility index (Phi) is 5.92. The summed E-state index contributed by atoms with van der Waals surface area (Å²) in [4.78, 5) is 25.6. The fourth-order valence-corrected chi connectivity index (χ4v) is 3.29. The van der Waals surface area contributed by atoms with E-state index in [0.29, 0.717) is 34.5 Å². The number of anilines is 2. The monoisotopic (exact) mass is 410 g/mol. The van der Waals surface area contributed by atoms with Crippen LogP contribution in [0.5, 0.6) is 0 Å². The first-order chi connectivity index (χ1) is 14.1. The summed E-state index contributed by atoms with van der Waals surface area (Å²) in [6, 6.07) is 9.97. The minimum atomic E-state index is -0.653. The summed E-state index contributed by atoms with van der Waals surface area (Å²) < 4.78 is 19.7. The topological polar surface area (TPSA) is 58.6 Å². The molecule has 6 nitrogen and oxygen atoms in total. The molecule has 30 heavy (non-hydrogen) atoms. The molecule has 0 saturated carbocycles. The number of ether oxygens (including phenoxy) is 1. The Labute approximate surface area is 176 Å². The first-order valence-corrected chi connectivity index (χ1v) is 9.85. The van der Waals surface area contributed by atoms with Crippen LogP contribution in [0.4, 0.5) is 20.7 Å². The van der Waals surface area contributed by atoms with Crippen LogP contribution in [0, 0.1) is 5.82 Å². The first-order valence-electron chi connectivity index (χ1n) is 9.85. The Morgan fingerprint density at radius 3 is 2.47 bits per heavy atom. The van der Waals surface area contributed by atoms with Crippen molar-refractivity contribution in [2.75, 3.05) is 30.4 Å². The maximum Gasteiger partial charge on any atom is 0.416 e. The molecular formula is C23H27FN4O2. The molecule has 0 fully saturated rings. The van der Waals surface area contributed by atoms with Crippen LogP contribution in [-0.4, -0.2) is 42.3 Å². The van der Waals surface area contributed by atoms with Crippen molar-refractivity contribution in [1.82, 2.24) is 9.97 Å². The molecule has 2 aromatic heterocycles. The van der Waals surface area contributed by atoms with E-state index < -0.39 is 11.7 Å². The smallest absolute Gasteiger partial charge is 0.416 e. The molecule has 2 heterocycles. The standard InChI is InChI=1S/C23H27FN4O2/c1-7-28(22(29)30-23(2,3)4)21-19(18-10-8-9-13-25-18)20(27(5)6)16-14-15(24)11-12-17(16)26-21/h8-14H,7H2,1-6H3. The van der Waals surface area contributed by atoms with Gasteiger partial charge in [0.15, 0.2) is 0 Å². The van der Waals surface area contributed by atoms with E-state index in [1.54, 1.807) is 12.3 Å². The average molecular weight is 410 g/mol. The van der Waals surface area contributed by atoms with Gasteiger partial charge in [-0.25, -0.2) is 14.2 Å². The van der Waals surface area contributed by atoms with E-state index in [-0.39, 0.29) is 5.82 Å². The minimum absolute atomic E-state index is 0.349. The van der Waals surface area contributed by atoms with Crippen LogP contribution in [0.3, 0.4) is 0 Å². The number of benzene rings is 1. The van der Waals surface area contributed by atoms with Crippen molar-refractivity contribution < 1.29 is 13.9 Å². The number of carbonyl (C=O) groups is 1. The Morgan fingerprint density at radius 1 is 1.17 bits per heavy atom. The van der Waals surface area contributed by atoms with Gasteiger partial charge < -0.3 is 9.64 Å². The van der Waals surface area contributed by atoms with Crippen LogP contribution in [0.2, 0.25) is 0 Å². The molecule has 0 spiro atoms. The predicted octanol–water partition coefficient (Wildman–Crippen LogP) is 5.26. The Bertz CT molecular complexity index is 1060. The van der Waals surface area contributed by atoms with Gasteiger partial charge in [-0.05, 0) is 58.0 Å². The molecule has 0 aliphatic heterocycles. The fraction of sp³-hybridized carbons (Fsp3) is 0.348. The summed E-state index contributed by atoms with van der Waals surface area (Å²) in [6.45, 7) is 7.67. The Balaban J connectivity index is 2.37. The van der Waals surface area contributed by atoms with E-state index in [1.807, 2.05) is 64.9 Å². The zero-order valence-corrected chi connectivity index (χ0v) is 18.2. The lowest BCUT2D eigenvalue weighted by atomic mass is 10.0. The summed E-state index contributed by atoms with van der Waals surface area (Å²) in [5.41, 5.74) is 1.94. The maximum atomic E-state index is 14.1. The number of hydrogen-bond acceptors (Lipinski definition) is 5. The lowest BCUT2D eigenvalue weighted by molar-refractivity contribution is 0.0581. The van der Waals surface area contributed by atoms with E-state index in [4.69, 9.17) is 9.72 Å². The van der Waals surface area contributed by atoms with Crippen molar-refractivity contribution in [3.05, 3.63) is 48.4 Å². The zero-order valence-electron chi connectivity index (χ0n) is 18.2. The SMILES string of the molecule is CCN(C(=O)OC(C)(C)C)c1nc2ccc(F)cc2c(N(C)C)c1-c1ccccn1. The molecule has 7 heteroatoms. The molecule has 0 radical (unpaired) electrons. The molecule has 3 aromatic rings. The number of amides is 1. The summed E-state index contributed by atoms with van der Waals surface area (Å²) >= 11 is 0. The van der Waals surface area contributed by atoms with Crippen molar-refractivity contribution in [3.8, 4) is 11.3 Å². The largest absolute Gasteiger partial charge is 0.443 e. The van der Waals surface area contributed by atoms with Crippen molar-refractivity contribution in [1.29, 1.82) is 0 Å². The third-order valence-corrected chi connectivity index (χ3v) is 4.45. The minimum Gasteiger partial charge on any atom is -0.443 e. The van der Waals surface area contributed by atoms with Crippen LogP contribution in [0.15, 0.2) is 42.6 Å². The van der Waals surface area contributed by atoms with Gasteiger partial charge in [-0.15, -0.1) is 0 Å². The third-order valence-electron chi connectivity index (χ3n) is 4.45. The first kappa shape index (κ1) is 21.5. The van der Waals surface area contributed by atoms with Gasteiger partial charge in [0, 0.05) is 32.2 Å². The molecule has 0 atom stereocenters. The second kappa shape index (κ2) is 8.26. The number of fused-ring (bicyclic) bond motifs is 1. The molecular weight excluding hydrogens is 383 g/mol. The molecule has 0 aliphatic carbocycles. The number of nitrogens with zero attached hydrogens (tertiary/aromatic N) is 4. The number of aromatic nitrogens is 2. The molecule has 158 valence electrons. The van der Waals surface area contributed by atoms with Crippen LogP contribution in [-0.2, 0) is 4.74 Å². The van der Waals surface area contributed by atoms with Gasteiger partial charge in [0.2, 0.25) is 0 Å². The van der Waals surface area contributed by atoms with Gasteiger partial charge in [0.25, 0.3) is 0 Å². The van der Waals surface area contributed by atoms with E-state index in [2.05, 4.69) is 4.98 Å². The van der Waals surface area contributed by atoms with Gasteiger partial charge >= 0.3 is 6.09 Å². The Hall–Kier alpha value is -3.22. The van der Waals surface area contributed by atoms with Gasteiger partial charge in [-0.3, -0.25) is 9.88 Å². The van der Waals surface area contributed by atoms with Crippen molar-refractivity contribution in [2.24, 2.45) is 0 Å². The highest BCUT2D eigenvalue weighted by molar-refractivity contribution is 6.06. The third kappa shape index (κ3) is 4.35. The molecule has 0 aliphatic rings. The van der Waals surface area contributed by atoms with Crippen molar-refractivity contribution >= 4 is 28.5 Å². The summed E-state index contributed by atoms with van der Waals surface area (Å²) in [5, 5.41) is 0.643. The fourth-order valence-electron chi connectivity index (χ4n) is 3.29. The molecule has 1 aromatic carbocycles. The van der Waals surface area contributed by atoms with Crippen LogP contribution in [0.25, 0.3) is 22.2 Å². The Morgan fingerprint density at radius 2 is 1.90 bits per heavy atom. The van der Waals surface area contributed by atoms with Crippen LogP contribution in [0.1, 0.15) is 27.7 Å². The van der Waals surface area contributed by atoms with E-state index in [1.165, 1.54) is 17.0 Å². The highest BCUT2D eigenvalue weighted by atomic mass is 19.1. The summed E-state index contributed by atoms with van der Waals surface area (Å²) in [6.07, 6.45) is 1.18. The zero-order chi connectivity index (χ0) is 22.1. The lowest BCUT2D eigenvalue weighted by Crippen LogP contribution is -2.37. The van der Waals surface area contributed by atoms with Gasteiger partial charge in [-0.1, -0.05) is 6.07 Å². The van der Waals surface area contributed by atoms with E-state index >= 15 is 0 Å². The second-order valence-corrected chi connectivity index (χ2v) is 8.15. The normalized spacial score (nSPS) is 11.4. The second-order valence-electron chi connectivity index (χ2n) is 8.15. The molecule has 0 unspecified atom stereocenters. The van der Waals surface area contributed by atoms with Crippen molar-refractivity contribution in [3.63, 3.8) is 0 Å². The number of halogens is 1. The number of hydrogen-bond donors (Lipinski definition) is 0. The molecule has 0 N–H and O–H groups in total. The van der Waals surface area contributed by atoms with Crippen LogP contribution < -0.4 is 9.80 Å². The van der Waals surface area contributed by atoms with E-state index in [9.17, 15) is 9.18 Å². The van der Waals surface area contributed by atoms with E-state index in [0.717, 1.165) is 5.69 Å². The summed E-state index contributed by atoms with van der Waals surface area (Å²) in [7, 11) is 3.75. The van der Waals surface area contributed by atoms with Crippen molar-refractivity contribution in [2.45, 2.75) is 33.3 Å². The lowest BCUT2D eigenvalue weighted by Gasteiger charge is -2.29. The molecule has 1 amide bonds. The quantitative estimate of drug-likeness (QED) is 0.587. The van der Waals surface area contributed by atoms with Crippen LogP contribution >= 0.6 is 0 Å². The molecule has 0 saturated heterocycles. The number of carbonyl (C=O) groups excluding carboxylic acids is 1. The number of rotatable bonds is 4. The number of pyridine rings is 2. The van der Waals surface area contributed by atoms with Gasteiger partial charge in [0.1, 0.15) is 17.2 Å². The van der Waals surface area contributed by atoms with Gasteiger partial charge in [0.05, 0.1) is 22.5 Å². The summed E-state index contributed by atoms with van der Waals surface area (Å²) in [5.74, 6) is 0.0693. The highest BCUT2D eigenvalue weighted by Gasteiger charge is 2.29. The highest BCUT2D eigenvalue weighted by Crippen LogP contribution is 2.42. The predicted molar refractivity (Wildman–Crippen MR) is 119 cm³/mol.